The van der Waals surface area contributed by atoms with Gasteiger partial charge in [0.1, 0.15) is 9.84 Å². The molecule has 5 nitrogen and oxygen atoms in total. The summed E-state index contributed by atoms with van der Waals surface area (Å²) in [5.41, 5.74) is 3.38. The average Bonchev–Trinajstić information content (AvgIpc) is 2.42. The van der Waals surface area contributed by atoms with E-state index in [0.717, 1.165) is 17.9 Å². The highest BCUT2D eigenvalue weighted by atomic mass is 32.2. The minimum Gasteiger partial charge on any atom is -0.313 e. The van der Waals surface area contributed by atoms with Crippen LogP contribution in [-0.4, -0.2) is 36.8 Å². The molecule has 1 N–H and O–H groups in total. The van der Waals surface area contributed by atoms with Gasteiger partial charge in [0.2, 0.25) is 0 Å². The van der Waals surface area contributed by atoms with Crippen molar-refractivity contribution in [1.82, 2.24) is 15.1 Å². The Balaban J connectivity index is 2.37. The second-order valence-corrected chi connectivity index (χ2v) is 6.69. The molecule has 0 aliphatic heterocycles. The second-order valence-electron chi connectivity index (χ2n) is 4.43. The fraction of sp³-hybridized carbons (Fsp3) is 0.727. The summed E-state index contributed by atoms with van der Waals surface area (Å²) < 4.78 is 23.7. The first kappa shape index (κ1) is 14.2. The van der Waals surface area contributed by atoms with E-state index < -0.39 is 9.84 Å². The summed E-state index contributed by atoms with van der Waals surface area (Å²) in [6, 6.07) is 0. The lowest BCUT2D eigenvalue weighted by atomic mass is 10.2. The van der Waals surface area contributed by atoms with E-state index in [9.17, 15) is 8.42 Å². The fourth-order valence-electron chi connectivity index (χ4n) is 1.75. The highest BCUT2D eigenvalue weighted by molar-refractivity contribution is 7.90. The Hall–Kier alpha value is -0.880. The van der Waals surface area contributed by atoms with Crippen molar-refractivity contribution in [3.63, 3.8) is 0 Å². The zero-order valence-corrected chi connectivity index (χ0v) is 11.8. The van der Waals surface area contributed by atoms with Gasteiger partial charge in [-0.2, -0.15) is 5.10 Å². The largest absolute Gasteiger partial charge is 0.313 e. The Kier molecular flexibility index (Phi) is 4.70. The summed E-state index contributed by atoms with van der Waals surface area (Å²) >= 11 is 0. The first-order chi connectivity index (χ1) is 7.81. The summed E-state index contributed by atoms with van der Waals surface area (Å²) in [5.74, 6) is 0.241. The van der Waals surface area contributed by atoms with Gasteiger partial charge < -0.3 is 5.32 Å². The number of aromatic nitrogens is 2. The molecular weight excluding hydrogens is 238 g/mol. The van der Waals surface area contributed by atoms with Crippen molar-refractivity contribution in [3.05, 3.63) is 17.0 Å². The molecular formula is C11H21N3O2S. The van der Waals surface area contributed by atoms with E-state index in [1.165, 1.54) is 11.8 Å². The lowest BCUT2D eigenvalue weighted by Crippen LogP contribution is -2.18. The number of nitrogens with zero attached hydrogens (tertiary/aromatic N) is 2. The van der Waals surface area contributed by atoms with Gasteiger partial charge in [-0.25, -0.2) is 8.42 Å². The fourth-order valence-corrected chi connectivity index (χ4v) is 2.41. The van der Waals surface area contributed by atoms with Crippen molar-refractivity contribution in [2.24, 2.45) is 7.05 Å². The number of hydrogen-bond donors (Lipinski definition) is 1. The van der Waals surface area contributed by atoms with Crippen LogP contribution in [0, 0.1) is 13.8 Å². The molecule has 0 aromatic carbocycles. The van der Waals surface area contributed by atoms with Crippen LogP contribution in [-0.2, 0) is 23.4 Å². The van der Waals surface area contributed by atoms with Crippen LogP contribution in [0.2, 0.25) is 0 Å². The van der Waals surface area contributed by atoms with Crippen molar-refractivity contribution in [3.8, 4) is 0 Å². The predicted molar refractivity (Wildman–Crippen MR) is 68.7 cm³/mol. The molecule has 0 aliphatic rings. The highest BCUT2D eigenvalue weighted by Gasteiger charge is 2.08. The van der Waals surface area contributed by atoms with E-state index in [1.54, 1.807) is 0 Å². The first-order valence-corrected chi connectivity index (χ1v) is 7.75. The molecule has 17 heavy (non-hydrogen) atoms. The molecule has 98 valence electrons. The molecule has 0 amide bonds. The maximum Gasteiger partial charge on any atom is 0.147 e. The minimum atomic E-state index is -2.84. The van der Waals surface area contributed by atoms with Crippen LogP contribution in [0.15, 0.2) is 0 Å². The number of hydrogen-bond acceptors (Lipinski definition) is 4. The lowest BCUT2D eigenvalue weighted by molar-refractivity contribution is 0.594. The molecule has 0 saturated heterocycles. The molecule has 0 aliphatic carbocycles. The summed E-state index contributed by atoms with van der Waals surface area (Å²) in [6.45, 7) is 5.48. The molecule has 0 radical (unpaired) electrons. The van der Waals surface area contributed by atoms with Gasteiger partial charge in [-0.1, -0.05) is 0 Å². The Morgan fingerprint density at radius 3 is 2.47 bits per heavy atom. The van der Waals surface area contributed by atoms with E-state index in [0.29, 0.717) is 13.0 Å². The third kappa shape index (κ3) is 4.47. The van der Waals surface area contributed by atoms with Crippen molar-refractivity contribution < 1.29 is 8.42 Å². The lowest BCUT2D eigenvalue weighted by Gasteiger charge is -2.05. The predicted octanol–water partition coefficient (Wildman–Crippen LogP) is 0.561. The zero-order valence-electron chi connectivity index (χ0n) is 10.9. The number of nitrogens with one attached hydrogen (secondary N) is 1. The van der Waals surface area contributed by atoms with E-state index in [-0.39, 0.29) is 5.75 Å². The van der Waals surface area contributed by atoms with E-state index in [4.69, 9.17) is 0 Å². The molecule has 0 atom stereocenters. The summed E-state index contributed by atoms with van der Waals surface area (Å²) in [4.78, 5) is 0. The van der Waals surface area contributed by atoms with Gasteiger partial charge in [0.15, 0.2) is 0 Å². The molecule has 0 spiro atoms. The number of rotatable bonds is 6. The maximum absolute atomic E-state index is 10.9. The van der Waals surface area contributed by atoms with Gasteiger partial charge in [-0.15, -0.1) is 0 Å². The number of sulfone groups is 1. The average molecular weight is 259 g/mol. The van der Waals surface area contributed by atoms with Crippen LogP contribution in [0.25, 0.3) is 0 Å². The standard InChI is InChI=1S/C11H21N3O2S/c1-9-11(10(2)14(3)13-9)8-12-6-5-7-17(4,15)16/h12H,5-8H2,1-4H3. The minimum absolute atomic E-state index is 0.241. The molecule has 1 rings (SSSR count). The molecule has 0 fully saturated rings. The van der Waals surface area contributed by atoms with Crippen molar-refractivity contribution in [2.45, 2.75) is 26.8 Å². The Morgan fingerprint density at radius 1 is 1.35 bits per heavy atom. The summed E-state index contributed by atoms with van der Waals surface area (Å²) in [6.07, 6.45) is 1.92. The maximum atomic E-state index is 10.9. The second kappa shape index (κ2) is 5.64. The van der Waals surface area contributed by atoms with Gasteiger partial charge in [-0.05, 0) is 26.8 Å². The van der Waals surface area contributed by atoms with Crippen LogP contribution in [0.3, 0.4) is 0 Å². The SMILES string of the molecule is Cc1nn(C)c(C)c1CNCCCS(C)(=O)=O. The van der Waals surface area contributed by atoms with Gasteiger partial charge in [0, 0.05) is 31.1 Å². The van der Waals surface area contributed by atoms with Gasteiger partial charge in [-0.3, -0.25) is 4.68 Å². The van der Waals surface area contributed by atoms with Gasteiger partial charge >= 0.3 is 0 Å². The quantitative estimate of drug-likeness (QED) is 0.758. The Morgan fingerprint density at radius 2 is 2.00 bits per heavy atom. The third-order valence-corrected chi connectivity index (χ3v) is 3.86. The van der Waals surface area contributed by atoms with Crippen LogP contribution in [0.5, 0.6) is 0 Å². The van der Waals surface area contributed by atoms with Gasteiger partial charge in [0.05, 0.1) is 11.4 Å². The Bertz CT molecular complexity index is 477. The van der Waals surface area contributed by atoms with E-state index >= 15 is 0 Å². The smallest absolute Gasteiger partial charge is 0.147 e. The van der Waals surface area contributed by atoms with Gasteiger partial charge in [0.25, 0.3) is 0 Å². The van der Waals surface area contributed by atoms with E-state index in [1.807, 2.05) is 25.6 Å². The summed E-state index contributed by atoms with van der Waals surface area (Å²) in [5, 5.41) is 7.58. The molecule has 0 unspecified atom stereocenters. The monoisotopic (exact) mass is 259 g/mol. The normalized spacial score (nSPS) is 12.0. The van der Waals surface area contributed by atoms with Crippen LogP contribution < -0.4 is 5.32 Å². The molecule has 1 aromatic rings. The third-order valence-electron chi connectivity index (χ3n) is 2.83. The highest BCUT2D eigenvalue weighted by Crippen LogP contribution is 2.10. The zero-order chi connectivity index (χ0) is 13.1. The van der Waals surface area contributed by atoms with Crippen molar-refractivity contribution >= 4 is 9.84 Å². The number of aryl methyl sites for hydroxylation is 2. The van der Waals surface area contributed by atoms with Crippen LogP contribution in [0.1, 0.15) is 23.4 Å². The molecule has 1 aromatic heterocycles. The van der Waals surface area contributed by atoms with Crippen LogP contribution >= 0.6 is 0 Å². The van der Waals surface area contributed by atoms with E-state index in [2.05, 4.69) is 10.4 Å². The topological polar surface area (TPSA) is 64.0 Å². The Labute approximate surface area is 103 Å². The molecule has 6 heteroatoms. The molecule has 0 bridgehead atoms. The first-order valence-electron chi connectivity index (χ1n) is 5.69. The van der Waals surface area contributed by atoms with Crippen LogP contribution in [0.4, 0.5) is 0 Å². The summed E-state index contributed by atoms with van der Waals surface area (Å²) in [7, 11) is -0.912. The van der Waals surface area contributed by atoms with Crippen molar-refractivity contribution in [2.75, 3.05) is 18.6 Å². The molecule has 0 saturated carbocycles. The molecule has 1 heterocycles. The van der Waals surface area contributed by atoms with Crippen molar-refractivity contribution in [1.29, 1.82) is 0 Å².